The minimum absolute atomic E-state index is 0.539. The third-order valence-electron chi connectivity index (χ3n) is 2.45. The van der Waals surface area contributed by atoms with Crippen molar-refractivity contribution in [2.45, 2.75) is 5.44 Å². The highest BCUT2D eigenvalue weighted by Gasteiger charge is 2.24. The van der Waals surface area contributed by atoms with E-state index in [0.717, 1.165) is 0 Å². The molecule has 2 aromatic rings. The molecule has 0 heterocycles. The van der Waals surface area contributed by atoms with Crippen LogP contribution in [0.4, 0.5) is 0 Å². The highest BCUT2D eigenvalue weighted by Crippen LogP contribution is 2.25. The largest absolute Gasteiger partial charge is 0.470 e. The molecule has 1 unspecified atom stereocenters. The zero-order valence-corrected chi connectivity index (χ0v) is 10.8. The molecule has 0 bridgehead atoms. The number of benzene rings is 2. The van der Waals surface area contributed by atoms with E-state index >= 15 is 0 Å². The molecule has 18 heavy (non-hydrogen) atoms. The van der Waals surface area contributed by atoms with E-state index in [1.165, 1.54) is 6.26 Å². The van der Waals surface area contributed by atoms with Gasteiger partial charge in [0.15, 0.2) is 9.84 Å². The summed E-state index contributed by atoms with van der Waals surface area (Å²) in [4.78, 5) is 0. The van der Waals surface area contributed by atoms with Crippen molar-refractivity contribution in [3.05, 3.63) is 66.2 Å². The Labute approximate surface area is 107 Å². The summed E-state index contributed by atoms with van der Waals surface area (Å²) in [6.07, 6.45) is 1.17. The number of hydrogen-bond acceptors (Lipinski definition) is 3. The number of sulfone groups is 1. The fraction of sp³-hybridized carbons (Fsp3) is 0.143. The maximum absolute atomic E-state index is 11.8. The van der Waals surface area contributed by atoms with Gasteiger partial charge in [0.1, 0.15) is 5.75 Å². The maximum Gasteiger partial charge on any atom is 0.223 e. The number of ether oxygens (including phenoxy) is 1. The lowest BCUT2D eigenvalue weighted by atomic mass is 10.2. The lowest BCUT2D eigenvalue weighted by Crippen LogP contribution is -2.17. The minimum atomic E-state index is -3.34. The second-order valence-electron chi connectivity index (χ2n) is 4.00. The van der Waals surface area contributed by atoms with Crippen LogP contribution >= 0.6 is 0 Å². The molecule has 0 aliphatic rings. The topological polar surface area (TPSA) is 43.4 Å². The quantitative estimate of drug-likeness (QED) is 0.851. The van der Waals surface area contributed by atoms with Crippen LogP contribution in [0.25, 0.3) is 0 Å². The Morgan fingerprint density at radius 2 is 1.39 bits per heavy atom. The van der Waals surface area contributed by atoms with Gasteiger partial charge in [-0.15, -0.1) is 0 Å². The summed E-state index contributed by atoms with van der Waals surface area (Å²) < 4.78 is 29.2. The van der Waals surface area contributed by atoms with Gasteiger partial charge in [0.25, 0.3) is 0 Å². The molecule has 0 N–H and O–H groups in total. The number of hydrogen-bond donors (Lipinski definition) is 0. The van der Waals surface area contributed by atoms with Crippen LogP contribution in [0.1, 0.15) is 11.0 Å². The van der Waals surface area contributed by atoms with Crippen LogP contribution in [0, 0.1) is 0 Å². The van der Waals surface area contributed by atoms with Gasteiger partial charge in [-0.05, 0) is 12.1 Å². The van der Waals surface area contributed by atoms with E-state index in [4.69, 9.17) is 4.74 Å². The van der Waals surface area contributed by atoms with Crippen LogP contribution in [-0.4, -0.2) is 14.7 Å². The first-order valence-electron chi connectivity index (χ1n) is 5.53. The zero-order chi connectivity index (χ0) is 13.0. The molecule has 0 spiro atoms. The molecule has 0 aromatic heterocycles. The van der Waals surface area contributed by atoms with E-state index in [-0.39, 0.29) is 0 Å². The second-order valence-corrected chi connectivity index (χ2v) is 6.09. The van der Waals surface area contributed by atoms with Gasteiger partial charge in [-0.3, -0.25) is 0 Å². The smallest absolute Gasteiger partial charge is 0.223 e. The summed E-state index contributed by atoms with van der Waals surface area (Å²) >= 11 is 0. The summed E-state index contributed by atoms with van der Waals surface area (Å²) in [5.74, 6) is 0.539. The van der Waals surface area contributed by atoms with Gasteiger partial charge in [0.2, 0.25) is 5.44 Å². The average Bonchev–Trinajstić information content (AvgIpc) is 2.37. The zero-order valence-electron chi connectivity index (χ0n) is 9.98. The molecular weight excluding hydrogens is 248 g/mol. The maximum atomic E-state index is 11.8. The second kappa shape index (κ2) is 5.23. The molecule has 94 valence electrons. The monoisotopic (exact) mass is 262 g/mol. The van der Waals surface area contributed by atoms with Crippen molar-refractivity contribution in [1.82, 2.24) is 0 Å². The molecule has 1 atom stereocenters. The summed E-state index contributed by atoms with van der Waals surface area (Å²) in [6, 6.07) is 17.9. The predicted molar refractivity (Wildman–Crippen MR) is 71.1 cm³/mol. The van der Waals surface area contributed by atoms with Crippen molar-refractivity contribution < 1.29 is 13.2 Å². The Balaban J connectivity index is 2.34. The van der Waals surface area contributed by atoms with E-state index in [9.17, 15) is 8.42 Å². The van der Waals surface area contributed by atoms with E-state index in [1.54, 1.807) is 48.5 Å². The molecular formula is C14H14O3S. The van der Waals surface area contributed by atoms with Crippen molar-refractivity contribution in [3.8, 4) is 5.75 Å². The first kappa shape index (κ1) is 12.6. The van der Waals surface area contributed by atoms with Gasteiger partial charge in [-0.2, -0.15) is 0 Å². The predicted octanol–water partition coefficient (Wildman–Crippen LogP) is 2.81. The molecule has 0 aliphatic carbocycles. The molecule has 0 aliphatic heterocycles. The molecule has 2 rings (SSSR count). The molecule has 2 aromatic carbocycles. The fourth-order valence-corrected chi connectivity index (χ4v) is 2.57. The molecule has 0 saturated heterocycles. The first-order chi connectivity index (χ1) is 8.57. The Morgan fingerprint density at radius 3 is 1.89 bits per heavy atom. The van der Waals surface area contributed by atoms with Gasteiger partial charge in [0.05, 0.1) is 0 Å². The van der Waals surface area contributed by atoms with Crippen molar-refractivity contribution in [1.29, 1.82) is 0 Å². The number of rotatable bonds is 4. The molecule has 3 nitrogen and oxygen atoms in total. The summed E-state index contributed by atoms with van der Waals surface area (Å²) in [7, 11) is -3.34. The molecule has 0 saturated carbocycles. The lowest BCUT2D eigenvalue weighted by molar-refractivity contribution is 0.280. The Kier molecular flexibility index (Phi) is 3.67. The van der Waals surface area contributed by atoms with E-state index in [2.05, 4.69) is 0 Å². The van der Waals surface area contributed by atoms with Crippen LogP contribution in [0.5, 0.6) is 5.75 Å². The standard InChI is InChI=1S/C14H14O3S/c1-18(15,16)14(12-8-4-2-5-9-12)17-13-10-6-3-7-11-13/h2-11,14H,1H3. The summed E-state index contributed by atoms with van der Waals surface area (Å²) in [5, 5.41) is 0. The SMILES string of the molecule is CS(=O)(=O)C(Oc1ccccc1)c1ccccc1. The Bertz CT molecular complexity index is 591. The molecule has 0 fully saturated rings. The van der Waals surface area contributed by atoms with Gasteiger partial charge in [0, 0.05) is 11.8 Å². The van der Waals surface area contributed by atoms with Crippen LogP contribution in [0.3, 0.4) is 0 Å². The van der Waals surface area contributed by atoms with Crippen LogP contribution < -0.4 is 4.74 Å². The highest BCUT2D eigenvalue weighted by atomic mass is 32.2. The highest BCUT2D eigenvalue weighted by molar-refractivity contribution is 7.90. The van der Waals surface area contributed by atoms with Crippen molar-refractivity contribution >= 4 is 9.84 Å². The third-order valence-corrected chi connectivity index (χ3v) is 3.59. The van der Waals surface area contributed by atoms with Crippen LogP contribution in [0.2, 0.25) is 0 Å². The van der Waals surface area contributed by atoms with Crippen LogP contribution in [-0.2, 0) is 9.84 Å². The first-order valence-corrected chi connectivity index (χ1v) is 7.48. The van der Waals surface area contributed by atoms with Crippen molar-refractivity contribution in [2.75, 3.05) is 6.26 Å². The number of para-hydroxylation sites is 1. The fourth-order valence-electron chi connectivity index (χ4n) is 1.64. The van der Waals surface area contributed by atoms with Gasteiger partial charge < -0.3 is 4.74 Å². The van der Waals surface area contributed by atoms with Gasteiger partial charge in [-0.25, -0.2) is 8.42 Å². The normalized spacial score (nSPS) is 12.9. The Morgan fingerprint density at radius 1 is 0.889 bits per heavy atom. The molecule has 4 heteroatoms. The van der Waals surface area contributed by atoms with E-state index in [0.29, 0.717) is 11.3 Å². The van der Waals surface area contributed by atoms with Crippen LogP contribution in [0.15, 0.2) is 60.7 Å². The van der Waals surface area contributed by atoms with Gasteiger partial charge >= 0.3 is 0 Å². The van der Waals surface area contributed by atoms with E-state index < -0.39 is 15.3 Å². The third kappa shape index (κ3) is 3.11. The molecule has 0 amide bonds. The van der Waals surface area contributed by atoms with E-state index in [1.807, 2.05) is 12.1 Å². The van der Waals surface area contributed by atoms with Crippen molar-refractivity contribution in [2.24, 2.45) is 0 Å². The molecule has 0 radical (unpaired) electrons. The summed E-state index contributed by atoms with van der Waals surface area (Å²) in [6.45, 7) is 0. The summed E-state index contributed by atoms with van der Waals surface area (Å²) in [5.41, 5.74) is -0.343. The van der Waals surface area contributed by atoms with Gasteiger partial charge in [-0.1, -0.05) is 48.5 Å². The van der Waals surface area contributed by atoms with Crippen molar-refractivity contribution in [3.63, 3.8) is 0 Å². The minimum Gasteiger partial charge on any atom is -0.470 e. The lowest BCUT2D eigenvalue weighted by Gasteiger charge is -2.17. The average molecular weight is 262 g/mol. The Hall–Kier alpha value is -1.81.